The molecule has 1 aliphatic heterocycles. The van der Waals surface area contributed by atoms with E-state index in [1.807, 2.05) is 0 Å². The molecule has 4 aromatic heterocycles. The van der Waals surface area contributed by atoms with Crippen molar-refractivity contribution in [3.8, 4) is 5.82 Å². The minimum atomic E-state index is -0.110. The highest BCUT2D eigenvalue weighted by Crippen LogP contribution is 2.26. The summed E-state index contributed by atoms with van der Waals surface area (Å²) in [6, 6.07) is 3.18. The molecule has 1 fully saturated rings. The van der Waals surface area contributed by atoms with E-state index in [1.54, 1.807) is 29.7 Å². The lowest BCUT2D eigenvalue weighted by Gasteiger charge is -2.32. The quantitative estimate of drug-likeness (QED) is 0.541. The van der Waals surface area contributed by atoms with Crippen molar-refractivity contribution < 1.29 is 0 Å². The number of nitrogens with zero attached hydrogens (tertiary/aromatic N) is 9. The maximum atomic E-state index is 12.2. The van der Waals surface area contributed by atoms with Gasteiger partial charge in [0.15, 0.2) is 17.3 Å². The van der Waals surface area contributed by atoms with E-state index in [0.29, 0.717) is 23.9 Å². The van der Waals surface area contributed by atoms with Crippen LogP contribution in [-0.2, 0) is 6.54 Å². The fourth-order valence-corrected chi connectivity index (χ4v) is 3.58. The second-order valence-corrected chi connectivity index (χ2v) is 6.78. The summed E-state index contributed by atoms with van der Waals surface area (Å²) >= 11 is 0. The highest BCUT2D eigenvalue weighted by Gasteiger charge is 2.23. The molecule has 0 aliphatic carbocycles. The minimum absolute atomic E-state index is 0.110. The number of hydrogen-bond donors (Lipinski definition) is 1. The van der Waals surface area contributed by atoms with E-state index in [0.717, 1.165) is 37.3 Å². The normalized spacial score (nSPS) is 15.4. The highest BCUT2D eigenvalue weighted by atomic mass is 16.1. The van der Waals surface area contributed by atoms with Crippen LogP contribution < -0.4 is 10.5 Å². The lowest BCUT2D eigenvalue weighted by Crippen LogP contribution is -2.37. The Morgan fingerprint density at radius 1 is 1.11 bits per heavy atom. The van der Waals surface area contributed by atoms with Crippen LogP contribution in [0.5, 0.6) is 0 Å². The molecule has 0 amide bonds. The van der Waals surface area contributed by atoms with Gasteiger partial charge in [0.1, 0.15) is 24.5 Å². The monoisotopic (exact) mass is 378 g/mol. The fraction of sp³-hybridized carbons (Fsp3) is 0.353. The second kappa shape index (κ2) is 6.83. The molecule has 0 spiro atoms. The number of rotatable bonds is 4. The molecule has 28 heavy (non-hydrogen) atoms. The molecule has 0 unspecified atom stereocenters. The van der Waals surface area contributed by atoms with Crippen molar-refractivity contribution in [3.05, 3.63) is 47.8 Å². The molecule has 11 nitrogen and oxygen atoms in total. The zero-order chi connectivity index (χ0) is 18.9. The summed E-state index contributed by atoms with van der Waals surface area (Å²) in [5.74, 6) is 1.83. The van der Waals surface area contributed by atoms with Crippen molar-refractivity contribution in [1.29, 1.82) is 0 Å². The van der Waals surface area contributed by atoms with Crippen LogP contribution in [0.3, 0.4) is 0 Å². The minimum Gasteiger partial charge on any atom is -0.355 e. The van der Waals surface area contributed by atoms with Gasteiger partial charge in [0.05, 0.1) is 6.33 Å². The van der Waals surface area contributed by atoms with Crippen LogP contribution in [0, 0.1) is 5.92 Å². The van der Waals surface area contributed by atoms with Gasteiger partial charge in [-0.3, -0.25) is 4.79 Å². The number of anilines is 1. The first kappa shape index (κ1) is 16.5. The Morgan fingerprint density at radius 2 is 2.00 bits per heavy atom. The third-order valence-corrected chi connectivity index (χ3v) is 5.05. The average Bonchev–Trinajstić information content (AvgIpc) is 3.42. The van der Waals surface area contributed by atoms with Gasteiger partial charge >= 0.3 is 0 Å². The van der Waals surface area contributed by atoms with Crippen LogP contribution in [0.1, 0.15) is 12.8 Å². The van der Waals surface area contributed by atoms with E-state index < -0.39 is 0 Å². The predicted molar refractivity (Wildman–Crippen MR) is 100 cm³/mol. The molecule has 0 saturated carbocycles. The first-order valence-corrected chi connectivity index (χ1v) is 9.10. The summed E-state index contributed by atoms with van der Waals surface area (Å²) in [5, 5.41) is 8.51. The van der Waals surface area contributed by atoms with E-state index in [-0.39, 0.29) is 5.56 Å². The molecule has 1 N–H and O–H groups in total. The lowest BCUT2D eigenvalue weighted by molar-refractivity contribution is 0.334. The molecule has 5 heterocycles. The number of imidazole rings is 1. The lowest BCUT2D eigenvalue weighted by atomic mass is 9.97. The summed E-state index contributed by atoms with van der Waals surface area (Å²) in [4.78, 5) is 34.3. The molecule has 0 bridgehead atoms. The number of fused-ring (bicyclic) bond motifs is 1. The smallest absolute Gasteiger partial charge is 0.266 e. The molecular formula is C17H18N10O. The van der Waals surface area contributed by atoms with E-state index in [1.165, 1.54) is 17.1 Å². The van der Waals surface area contributed by atoms with Crippen molar-refractivity contribution in [2.75, 3.05) is 18.0 Å². The van der Waals surface area contributed by atoms with Crippen LogP contribution in [-0.4, -0.2) is 57.6 Å². The molecule has 142 valence electrons. The summed E-state index contributed by atoms with van der Waals surface area (Å²) in [6.07, 6.45) is 8.08. The largest absolute Gasteiger partial charge is 0.355 e. The number of piperidine rings is 1. The predicted octanol–water partition coefficient (Wildman–Crippen LogP) is 0.407. The summed E-state index contributed by atoms with van der Waals surface area (Å²) < 4.78 is 3.07. The molecule has 0 aromatic carbocycles. The van der Waals surface area contributed by atoms with Gasteiger partial charge in [-0.15, -0.1) is 5.10 Å². The zero-order valence-electron chi connectivity index (χ0n) is 15.0. The van der Waals surface area contributed by atoms with Gasteiger partial charge in [0.25, 0.3) is 5.56 Å². The maximum absolute atomic E-state index is 12.2. The zero-order valence-corrected chi connectivity index (χ0v) is 15.0. The molecule has 0 radical (unpaired) electrons. The van der Waals surface area contributed by atoms with Gasteiger partial charge in [-0.1, -0.05) is 0 Å². The van der Waals surface area contributed by atoms with Crippen LogP contribution in [0.25, 0.3) is 17.0 Å². The van der Waals surface area contributed by atoms with Crippen molar-refractivity contribution in [2.24, 2.45) is 5.92 Å². The molecule has 0 atom stereocenters. The molecule has 11 heteroatoms. The van der Waals surface area contributed by atoms with Crippen LogP contribution in [0.4, 0.5) is 5.82 Å². The Bertz CT molecular complexity index is 1140. The molecule has 5 rings (SSSR count). The Balaban J connectivity index is 1.30. The van der Waals surface area contributed by atoms with E-state index in [2.05, 4.69) is 40.0 Å². The Hall–Kier alpha value is -3.63. The second-order valence-electron chi connectivity index (χ2n) is 6.78. The summed E-state index contributed by atoms with van der Waals surface area (Å²) in [5.41, 5.74) is 1.42. The van der Waals surface area contributed by atoms with Crippen molar-refractivity contribution in [3.63, 3.8) is 0 Å². The van der Waals surface area contributed by atoms with E-state index in [9.17, 15) is 4.79 Å². The van der Waals surface area contributed by atoms with Crippen LogP contribution in [0.2, 0.25) is 0 Å². The third kappa shape index (κ3) is 3.00. The maximum Gasteiger partial charge on any atom is 0.266 e. The van der Waals surface area contributed by atoms with Gasteiger partial charge in [0, 0.05) is 25.7 Å². The fourth-order valence-electron chi connectivity index (χ4n) is 3.58. The highest BCUT2D eigenvalue weighted by molar-refractivity contribution is 5.82. The third-order valence-electron chi connectivity index (χ3n) is 5.05. The Kier molecular flexibility index (Phi) is 4.04. The molecule has 4 aromatic rings. The van der Waals surface area contributed by atoms with Gasteiger partial charge in [0.2, 0.25) is 0 Å². The molecular weight excluding hydrogens is 360 g/mol. The SMILES string of the molecule is O=c1ccc(-n2cncn2)nn1CC1CCN(c2ncnc3nc[nH]c23)CC1. The number of hydrogen-bond acceptors (Lipinski definition) is 8. The van der Waals surface area contributed by atoms with Crippen LogP contribution >= 0.6 is 0 Å². The topological polar surface area (TPSA) is 123 Å². The number of nitrogens with one attached hydrogen (secondary N) is 1. The van der Waals surface area contributed by atoms with Crippen molar-refractivity contribution in [1.82, 2.24) is 44.5 Å². The van der Waals surface area contributed by atoms with Gasteiger partial charge in [-0.2, -0.15) is 5.10 Å². The number of aromatic nitrogens is 9. The van der Waals surface area contributed by atoms with Gasteiger partial charge in [-0.25, -0.2) is 29.3 Å². The molecule has 1 saturated heterocycles. The average molecular weight is 378 g/mol. The summed E-state index contributed by atoms with van der Waals surface area (Å²) in [6.45, 7) is 2.29. The van der Waals surface area contributed by atoms with E-state index in [4.69, 9.17) is 0 Å². The number of H-pyrrole nitrogens is 1. The number of aromatic amines is 1. The first-order chi connectivity index (χ1) is 13.8. The summed E-state index contributed by atoms with van der Waals surface area (Å²) in [7, 11) is 0. The molecule has 1 aliphatic rings. The van der Waals surface area contributed by atoms with Gasteiger partial charge < -0.3 is 9.88 Å². The first-order valence-electron chi connectivity index (χ1n) is 9.10. The van der Waals surface area contributed by atoms with E-state index >= 15 is 0 Å². The Morgan fingerprint density at radius 3 is 2.82 bits per heavy atom. The van der Waals surface area contributed by atoms with Crippen molar-refractivity contribution >= 4 is 17.0 Å². The standard InChI is InChI=1S/C17H18N10O/c28-14-2-1-13(27-11-18-8-23-27)24-26(14)7-12-3-5-25(6-4-12)17-15-16(20-9-19-15)21-10-22-17/h1-2,8-12H,3-7H2,(H,19,20,21,22). The Labute approximate surface area is 159 Å². The van der Waals surface area contributed by atoms with Crippen LogP contribution in [0.15, 0.2) is 42.2 Å². The van der Waals surface area contributed by atoms with Crippen molar-refractivity contribution in [2.45, 2.75) is 19.4 Å². The van der Waals surface area contributed by atoms with Gasteiger partial charge in [-0.05, 0) is 24.8 Å².